The maximum Gasteiger partial charge on any atom is 0.190 e. The fourth-order valence-electron chi connectivity index (χ4n) is 2.36. The van der Waals surface area contributed by atoms with Crippen molar-refractivity contribution in [3.05, 3.63) is 0 Å². The molecule has 0 spiro atoms. The largest absolute Gasteiger partial charge is 0.381 e. The molecule has 2 aliphatic rings. The molecular formula is C15H29N3O2. The van der Waals surface area contributed by atoms with E-state index in [4.69, 9.17) is 9.47 Å². The van der Waals surface area contributed by atoms with E-state index in [1.54, 1.807) is 0 Å². The zero-order chi connectivity index (χ0) is 14.0. The Kier molecular flexibility index (Phi) is 7.15. The molecule has 1 saturated heterocycles. The van der Waals surface area contributed by atoms with Gasteiger partial charge in [-0.1, -0.05) is 0 Å². The van der Waals surface area contributed by atoms with Gasteiger partial charge < -0.3 is 20.1 Å². The van der Waals surface area contributed by atoms with Crippen LogP contribution in [0, 0.1) is 5.92 Å². The van der Waals surface area contributed by atoms with Gasteiger partial charge in [-0.2, -0.15) is 0 Å². The summed E-state index contributed by atoms with van der Waals surface area (Å²) in [5.41, 5.74) is 0. The second kappa shape index (κ2) is 9.19. The summed E-state index contributed by atoms with van der Waals surface area (Å²) in [5, 5.41) is 6.65. The van der Waals surface area contributed by atoms with Crippen molar-refractivity contribution in [2.75, 3.05) is 40.0 Å². The molecule has 1 aliphatic heterocycles. The number of ether oxygens (including phenoxy) is 2. The summed E-state index contributed by atoms with van der Waals surface area (Å²) < 4.78 is 11.2. The van der Waals surface area contributed by atoms with E-state index in [2.05, 4.69) is 15.6 Å². The Labute approximate surface area is 122 Å². The number of guanidine groups is 1. The Morgan fingerprint density at radius 2 is 2.10 bits per heavy atom. The van der Waals surface area contributed by atoms with E-state index in [0.717, 1.165) is 57.6 Å². The molecule has 0 bridgehead atoms. The quantitative estimate of drug-likeness (QED) is 0.383. The summed E-state index contributed by atoms with van der Waals surface area (Å²) in [4.78, 5) is 4.22. The molecule has 1 atom stereocenters. The van der Waals surface area contributed by atoms with E-state index >= 15 is 0 Å². The molecule has 0 aromatic carbocycles. The molecule has 1 aliphatic carbocycles. The van der Waals surface area contributed by atoms with Gasteiger partial charge in [0.05, 0.1) is 6.10 Å². The molecule has 0 radical (unpaired) electrons. The van der Waals surface area contributed by atoms with Crippen molar-refractivity contribution >= 4 is 5.96 Å². The van der Waals surface area contributed by atoms with Crippen molar-refractivity contribution < 1.29 is 9.47 Å². The van der Waals surface area contributed by atoms with Gasteiger partial charge in [-0.05, 0) is 44.4 Å². The second-order valence-corrected chi connectivity index (χ2v) is 5.72. The summed E-state index contributed by atoms with van der Waals surface area (Å²) in [6, 6.07) is 0. The highest BCUT2D eigenvalue weighted by molar-refractivity contribution is 5.79. The number of nitrogens with one attached hydrogen (secondary N) is 2. The summed E-state index contributed by atoms with van der Waals surface area (Å²) in [5.74, 6) is 1.74. The zero-order valence-corrected chi connectivity index (χ0v) is 12.7. The highest BCUT2D eigenvalue weighted by Crippen LogP contribution is 2.28. The van der Waals surface area contributed by atoms with Crippen molar-refractivity contribution in [1.29, 1.82) is 0 Å². The van der Waals surface area contributed by atoms with Gasteiger partial charge >= 0.3 is 0 Å². The van der Waals surface area contributed by atoms with Crippen LogP contribution in [0.5, 0.6) is 0 Å². The fourth-order valence-corrected chi connectivity index (χ4v) is 2.36. The van der Waals surface area contributed by atoms with E-state index in [9.17, 15) is 0 Å². The lowest BCUT2D eigenvalue weighted by Gasteiger charge is -2.14. The molecule has 2 N–H and O–H groups in total. The highest BCUT2D eigenvalue weighted by atomic mass is 16.5. The van der Waals surface area contributed by atoms with Crippen LogP contribution in [-0.2, 0) is 9.47 Å². The smallest absolute Gasteiger partial charge is 0.190 e. The lowest BCUT2D eigenvalue weighted by molar-refractivity contribution is 0.105. The topological polar surface area (TPSA) is 54.9 Å². The van der Waals surface area contributed by atoms with Crippen LogP contribution in [-0.4, -0.2) is 52.0 Å². The first-order chi connectivity index (χ1) is 9.88. The molecule has 20 heavy (non-hydrogen) atoms. The zero-order valence-electron chi connectivity index (χ0n) is 12.7. The average molecular weight is 283 g/mol. The first-order valence-electron chi connectivity index (χ1n) is 8.02. The molecule has 116 valence electrons. The van der Waals surface area contributed by atoms with Crippen LogP contribution in [0.1, 0.15) is 38.5 Å². The average Bonchev–Trinajstić information content (AvgIpc) is 3.14. The fraction of sp³-hybridized carbons (Fsp3) is 0.933. The normalized spacial score (nSPS) is 23.1. The van der Waals surface area contributed by atoms with Crippen LogP contribution in [0.3, 0.4) is 0 Å². The Hall–Kier alpha value is -0.810. The molecular weight excluding hydrogens is 254 g/mol. The lowest BCUT2D eigenvalue weighted by atomic mass is 10.2. The van der Waals surface area contributed by atoms with Crippen molar-refractivity contribution in [1.82, 2.24) is 10.6 Å². The van der Waals surface area contributed by atoms with Gasteiger partial charge in [0.1, 0.15) is 0 Å². The molecule has 0 aromatic rings. The van der Waals surface area contributed by atoms with Gasteiger partial charge in [0.15, 0.2) is 5.96 Å². The Bertz CT molecular complexity index is 287. The predicted octanol–water partition coefficient (Wildman–Crippen LogP) is 1.54. The third-order valence-electron chi connectivity index (χ3n) is 3.81. The molecule has 2 fully saturated rings. The van der Waals surface area contributed by atoms with Crippen molar-refractivity contribution in [3.8, 4) is 0 Å². The van der Waals surface area contributed by atoms with Crippen LogP contribution >= 0.6 is 0 Å². The van der Waals surface area contributed by atoms with Crippen molar-refractivity contribution in [3.63, 3.8) is 0 Å². The van der Waals surface area contributed by atoms with E-state index in [1.165, 1.54) is 25.7 Å². The molecule has 5 nitrogen and oxygen atoms in total. The second-order valence-electron chi connectivity index (χ2n) is 5.72. The van der Waals surface area contributed by atoms with Gasteiger partial charge in [-0.3, -0.25) is 4.99 Å². The molecule has 1 heterocycles. The Balaban J connectivity index is 1.42. The minimum absolute atomic E-state index is 0.441. The SMILES string of the molecule is CN=C(NCCCOCC1CC1)NCCC1CCCO1. The standard InChI is InChI=1S/C15H29N3O2/c1-16-15(18-9-7-14-4-2-11-20-14)17-8-3-10-19-12-13-5-6-13/h13-14H,2-12H2,1H3,(H2,16,17,18). The third kappa shape index (κ3) is 6.57. The molecule has 0 amide bonds. The minimum Gasteiger partial charge on any atom is -0.381 e. The molecule has 5 heteroatoms. The first kappa shape index (κ1) is 15.6. The molecule has 1 unspecified atom stereocenters. The van der Waals surface area contributed by atoms with Crippen LogP contribution in [0.4, 0.5) is 0 Å². The maximum atomic E-state index is 5.60. The number of aliphatic imine (C=N–C) groups is 1. The molecule has 1 saturated carbocycles. The van der Waals surface area contributed by atoms with E-state index < -0.39 is 0 Å². The van der Waals surface area contributed by atoms with Gasteiger partial charge in [0.2, 0.25) is 0 Å². The number of nitrogens with zero attached hydrogens (tertiary/aromatic N) is 1. The van der Waals surface area contributed by atoms with E-state index in [0.29, 0.717) is 6.10 Å². The van der Waals surface area contributed by atoms with E-state index in [1.807, 2.05) is 7.05 Å². The highest BCUT2D eigenvalue weighted by Gasteiger charge is 2.20. The maximum absolute atomic E-state index is 5.60. The third-order valence-corrected chi connectivity index (χ3v) is 3.81. The van der Waals surface area contributed by atoms with E-state index in [-0.39, 0.29) is 0 Å². The first-order valence-corrected chi connectivity index (χ1v) is 8.02. The molecule has 2 rings (SSSR count). The Morgan fingerprint density at radius 1 is 1.25 bits per heavy atom. The van der Waals surface area contributed by atoms with Gasteiger partial charge in [0.25, 0.3) is 0 Å². The van der Waals surface area contributed by atoms with Gasteiger partial charge in [-0.25, -0.2) is 0 Å². The number of hydrogen-bond donors (Lipinski definition) is 2. The van der Waals surface area contributed by atoms with Crippen LogP contribution in [0.15, 0.2) is 4.99 Å². The number of rotatable bonds is 9. The van der Waals surface area contributed by atoms with Crippen LogP contribution in [0.25, 0.3) is 0 Å². The van der Waals surface area contributed by atoms with Crippen LogP contribution < -0.4 is 10.6 Å². The lowest BCUT2D eigenvalue weighted by Crippen LogP contribution is -2.39. The number of hydrogen-bond acceptors (Lipinski definition) is 3. The Morgan fingerprint density at radius 3 is 2.80 bits per heavy atom. The van der Waals surface area contributed by atoms with Gasteiger partial charge in [-0.15, -0.1) is 0 Å². The summed E-state index contributed by atoms with van der Waals surface area (Å²) in [7, 11) is 1.81. The van der Waals surface area contributed by atoms with Crippen molar-refractivity contribution in [2.45, 2.75) is 44.6 Å². The summed E-state index contributed by atoms with van der Waals surface area (Å²) in [6.07, 6.45) is 7.66. The van der Waals surface area contributed by atoms with Crippen LogP contribution in [0.2, 0.25) is 0 Å². The van der Waals surface area contributed by atoms with Crippen molar-refractivity contribution in [2.24, 2.45) is 10.9 Å². The minimum atomic E-state index is 0.441. The summed E-state index contributed by atoms with van der Waals surface area (Å²) >= 11 is 0. The summed E-state index contributed by atoms with van der Waals surface area (Å²) in [6.45, 7) is 4.55. The monoisotopic (exact) mass is 283 g/mol. The van der Waals surface area contributed by atoms with Gasteiger partial charge in [0, 0.05) is 40.0 Å². The molecule has 0 aromatic heterocycles. The predicted molar refractivity (Wildman–Crippen MR) is 81.1 cm³/mol.